The molecule has 0 unspecified atom stereocenters. The Morgan fingerprint density at radius 2 is 1.64 bits per heavy atom. The second-order valence-electron chi connectivity index (χ2n) is 5.35. The second-order valence-corrected chi connectivity index (χ2v) is 6.19. The van der Waals surface area contributed by atoms with Crippen molar-refractivity contribution in [1.29, 1.82) is 0 Å². The lowest BCUT2D eigenvalue weighted by molar-refractivity contribution is 0.102. The highest BCUT2D eigenvalue weighted by Crippen LogP contribution is 2.27. The molecule has 3 aromatic carbocycles. The van der Waals surface area contributed by atoms with Crippen LogP contribution in [0.2, 0.25) is 10.0 Å². The van der Waals surface area contributed by atoms with Gasteiger partial charge in [-0.15, -0.1) is 0 Å². The summed E-state index contributed by atoms with van der Waals surface area (Å²) in [6.07, 6.45) is 0. The number of amides is 1. The lowest BCUT2D eigenvalue weighted by atomic mass is 10.1. The Balaban J connectivity index is 1.81. The first-order valence-corrected chi connectivity index (χ1v) is 8.41. The Morgan fingerprint density at radius 1 is 0.920 bits per heavy atom. The standard InChI is InChI=1S/C20H15Cl2NO2/c21-15-10-11-19(25-13-14-6-2-1-3-7-14)16(12-15)20(24)23-18-9-5-4-8-17(18)22/h1-12H,13H2,(H,23,24). The number of carbonyl (C=O) groups excluding carboxylic acids is 1. The van der Waals surface area contributed by atoms with Gasteiger partial charge in [0.15, 0.2) is 0 Å². The van der Waals surface area contributed by atoms with Gasteiger partial charge in [-0.05, 0) is 35.9 Å². The normalized spacial score (nSPS) is 10.3. The minimum atomic E-state index is -0.335. The van der Waals surface area contributed by atoms with E-state index in [2.05, 4.69) is 5.32 Å². The summed E-state index contributed by atoms with van der Waals surface area (Å²) in [5.74, 6) is 0.122. The molecule has 0 heterocycles. The zero-order chi connectivity index (χ0) is 17.6. The lowest BCUT2D eigenvalue weighted by Gasteiger charge is -2.13. The van der Waals surface area contributed by atoms with Crippen molar-refractivity contribution in [3.8, 4) is 5.75 Å². The molecule has 3 nitrogen and oxygen atoms in total. The predicted octanol–water partition coefficient (Wildman–Crippen LogP) is 5.82. The molecule has 0 saturated carbocycles. The van der Waals surface area contributed by atoms with Gasteiger partial charge in [-0.25, -0.2) is 0 Å². The van der Waals surface area contributed by atoms with Gasteiger partial charge >= 0.3 is 0 Å². The van der Waals surface area contributed by atoms with Crippen LogP contribution in [0.1, 0.15) is 15.9 Å². The highest BCUT2D eigenvalue weighted by molar-refractivity contribution is 6.34. The Morgan fingerprint density at radius 3 is 2.40 bits per heavy atom. The van der Waals surface area contributed by atoms with Gasteiger partial charge in [0.05, 0.1) is 16.3 Å². The van der Waals surface area contributed by atoms with Gasteiger partial charge in [0, 0.05) is 5.02 Å². The van der Waals surface area contributed by atoms with Gasteiger partial charge in [-0.2, -0.15) is 0 Å². The average Bonchev–Trinajstić information content (AvgIpc) is 2.63. The molecule has 25 heavy (non-hydrogen) atoms. The first-order valence-electron chi connectivity index (χ1n) is 7.65. The Hall–Kier alpha value is -2.49. The molecule has 0 radical (unpaired) electrons. The first kappa shape index (κ1) is 17.3. The quantitative estimate of drug-likeness (QED) is 0.612. The lowest BCUT2D eigenvalue weighted by Crippen LogP contribution is -2.14. The molecular formula is C20H15Cl2NO2. The van der Waals surface area contributed by atoms with E-state index < -0.39 is 0 Å². The van der Waals surface area contributed by atoms with E-state index in [-0.39, 0.29) is 5.91 Å². The van der Waals surface area contributed by atoms with E-state index in [4.69, 9.17) is 27.9 Å². The third kappa shape index (κ3) is 4.53. The third-order valence-electron chi connectivity index (χ3n) is 3.55. The summed E-state index contributed by atoms with van der Waals surface area (Å²) in [7, 11) is 0. The number of para-hydroxylation sites is 1. The molecule has 0 fully saturated rings. The van der Waals surface area contributed by atoms with Crippen LogP contribution < -0.4 is 10.1 Å². The number of carbonyl (C=O) groups is 1. The highest BCUT2D eigenvalue weighted by atomic mass is 35.5. The smallest absolute Gasteiger partial charge is 0.259 e. The fourth-order valence-electron chi connectivity index (χ4n) is 2.29. The van der Waals surface area contributed by atoms with Gasteiger partial charge in [0.1, 0.15) is 12.4 Å². The van der Waals surface area contributed by atoms with Crippen molar-refractivity contribution < 1.29 is 9.53 Å². The van der Waals surface area contributed by atoms with Crippen molar-refractivity contribution in [3.05, 3.63) is 94.0 Å². The van der Waals surface area contributed by atoms with Crippen LogP contribution in [0, 0.1) is 0 Å². The van der Waals surface area contributed by atoms with E-state index in [1.165, 1.54) is 0 Å². The van der Waals surface area contributed by atoms with Crippen LogP contribution in [0.25, 0.3) is 0 Å². The van der Waals surface area contributed by atoms with Crippen LogP contribution in [-0.2, 0) is 6.61 Å². The number of hydrogen-bond donors (Lipinski definition) is 1. The molecule has 0 saturated heterocycles. The van der Waals surface area contributed by atoms with E-state index in [9.17, 15) is 4.79 Å². The van der Waals surface area contributed by atoms with Crippen LogP contribution in [0.3, 0.4) is 0 Å². The SMILES string of the molecule is O=C(Nc1ccccc1Cl)c1cc(Cl)ccc1OCc1ccccc1. The molecular weight excluding hydrogens is 357 g/mol. The van der Waals surface area contributed by atoms with Gasteiger partial charge in [0.25, 0.3) is 5.91 Å². The zero-order valence-electron chi connectivity index (χ0n) is 13.2. The Labute approximate surface area is 156 Å². The van der Waals surface area contributed by atoms with Crippen LogP contribution >= 0.6 is 23.2 Å². The maximum absolute atomic E-state index is 12.6. The molecule has 0 spiro atoms. The van der Waals surface area contributed by atoms with E-state index in [1.54, 1.807) is 42.5 Å². The molecule has 0 aliphatic carbocycles. The summed E-state index contributed by atoms with van der Waals surface area (Å²) >= 11 is 12.1. The van der Waals surface area contributed by atoms with E-state index in [0.29, 0.717) is 33.7 Å². The van der Waals surface area contributed by atoms with Crippen molar-refractivity contribution in [2.45, 2.75) is 6.61 Å². The first-order chi connectivity index (χ1) is 12.1. The van der Waals surface area contributed by atoms with E-state index >= 15 is 0 Å². The van der Waals surface area contributed by atoms with Crippen molar-refractivity contribution >= 4 is 34.8 Å². The summed E-state index contributed by atoms with van der Waals surface area (Å²) in [5, 5.41) is 3.70. The molecule has 3 aromatic rings. The van der Waals surface area contributed by atoms with Gasteiger partial charge < -0.3 is 10.1 Å². The third-order valence-corrected chi connectivity index (χ3v) is 4.11. The molecule has 3 rings (SSSR count). The van der Waals surface area contributed by atoms with Gasteiger partial charge in [-0.1, -0.05) is 65.7 Å². The molecule has 0 aromatic heterocycles. The monoisotopic (exact) mass is 371 g/mol. The molecule has 0 bridgehead atoms. The highest BCUT2D eigenvalue weighted by Gasteiger charge is 2.15. The fraction of sp³-hybridized carbons (Fsp3) is 0.0500. The van der Waals surface area contributed by atoms with Crippen molar-refractivity contribution in [1.82, 2.24) is 0 Å². The van der Waals surface area contributed by atoms with Crippen LogP contribution in [0.5, 0.6) is 5.75 Å². The summed E-state index contributed by atoms with van der Waals surface area (Å²) in [4.78, 5) is 12.6. The van der Waals surface area contributed by atoms with Crippen LogP contribution in [-0.4, -0.2) is 5.91 Å². The fourth-order valence-corrected chi connectivity index (χ4v) is 2.65. The average molecular weight is 372 g/mol. The molecule has 0 aliphatic heterocycles. The maximum Gasteiger partial charge on any atom is 0.259 e. The van der Waals surface area contributed by atoms with Gasteiger partial charge in [0.2, 0.25) is 0 Å². The number of rotatable bonds is 5. The Bertz CT molecular complexity index is 882. The summed E-state index contributed by atoms with van der Waals surface area (Å²) in [6, 6.07) is 21.7. The van der Waals surface area contributed by atoms with Crippen molar-refractivity contribution in [2.75, 3.05) is 5.32 Å². The number of halogens is 2. The molecule has 0 aliphatic rings. The maximum atomic E-state index is 12.6. The van der Waals surface area contributed by atoms with E-state index in [1.807, 2.05) is 30.3 Å². The minimum absolute atomic E-state index is 0.335. The number of hydrogen-bond acceptors (Lipinski definition) is 2. The second kappa shape index (κ2) is 8.06. The summed E-state index contributed by atoms with van der Waals surface area (Å²) < 4.78 is 5.81. The summed E-state index contributed by atoms with van der Waals surface area (Å²) in [5.41, 5.74) is 1.89. The Kier molecular flexibility index (Phi) is 5.59. The molecule has 1 N–H and O–H groups in total. The predicted molar refractivity (Wildman–Crippen MR) is 102 cm³/mol. The van der Waals surface area contributed by atoms with Crippen molar-refractivity contribution in [2.24, 2.45) is 0 Å². The molecule has 5 heteroatoms. The number of anilines is 1. The van der Waals surface area contributed by atoms with Crippen LogP contribution in [0.4, 0.5) is 5.69 Å². The molecule has 1 amide bonds. The zero-order valence-corrected chi connectivity index (χ0v) is 14.7. The molecule has 0 atom stereocenters. The largest absolute Gasteiger partial charge is 0.488 e. The van der Waals surface area contributed by atoms with Crippen molar-refractivity contribution in [3.63, 3.8) is 0 Å². The van der Waals surface area contributed by atoms with Gasteiger partial charge in [-0.3, -0.25) is 4.79 Å². The van der Waals surface area contributed by atoms with Crippen LogP contribution in [0.15, 0.2) is 72.8 Å². The number of ether oxygens (including phenoxy) is 1. The van der Waals surface area contributed by atoms with E-state index in [0.717, 1.165) is 5.56 Å². The summed E-state index contributed by atoms with van der Waals surface area (Å²) in [6.45, 7) is 0.356. The molecule has 126 valence electrons. The number of nitrogens with one attached hydrogen (secondary N) is 1. The topological polar surface area (TPSA) is 38.3 Å². The number of benzene rings is 3. The minimum Gasteiger partial charge on any atom is -0.488 e.